The lowest BCUT2D eigenvalue weighted by Crippen LogP contribution is -2.06. The molecule has 0 unspecified atom stereocenters. The Morgan fingerprint density at radius 1 is 1.52 bits per heavy atom. The predicted octanol–water partition coefficient (Wildman–Crippen LogP) is 3.54. The lowest BCUT2D eigenvalue weighted by atomic mass is 10.1. The van der Waals surface area contributed by atoms with Crippen molar-refractivity contribution in [3.63, 3.8) is 0 Å². The molecule has 1 aliphatic heterocycles. The van der Waals surface area contributed by atoms with Gasteiger partial charge < -0.3 is 15.2 Å². The van der Waals surface area contributed by atoms with E-state index in [1.54, 1.807) is 25.3 Å². The number of aromatic nitrogens is 1. The zero-order valence-corrected chi connectivity index (χ0v) is 14.1. The number of aryl methyl sites for hydroxylation is 1. The normalized spacial score (nSPS) is 11.8. The van der Waals surface area contributed by atoms with E-state index in [2.05, 4.69) is 26.2 Å². The molecule has 0 saturated heterocycles. The van der Waals surface area contributed by atoms with Crippen LogP contribution in [-0.2, 0) is 17.8 Å². The minimum atomic E-state index is -0.250. The molecule has 0 spiro atoms. The van der Waals surface area contributed by atoms with E-state index in [1.165, 1.54) is 0 Å². The van der Waals surface area contributed by atoms with Crippen molar-refractivity contribution in [2.24, 2.45) is 0 Å². The number of hydrogen-bond donors (Lipinski definition) is 2. The van der Waals surface area contributed by atoms with Gasteiger partial charge in [0.2, 0.25) is 0 Å². The topological polar surface area (TPSA) is 71.5 Å². The summed E-state index contributed by atoms with van der Waals surface area (Å²) in [5.41, 5.74) is 2.34. The highest BCUT2D eigenvalue weighted by molar-refractivity contribution is 9.10. The number of pyridine rings is 1. The van der Waals surface area contributed by atoms with Gasteiger partial charge in [-0.25, -0.2) is 9.37 Å². The summed E-state index contributed by atoms with van der Waals surface area (Å²) in [5, 5.41) is 10.1. The Balaban J connectivity index is 0.000000595. The zero-order chi connectivity index (χ0) is 16.8. The van der Waals surface area contributed by atoms with Crippen molar-refractivity contribution in [3.8, 4) is 5.75 Å². The average Bonchev–Trinajstić information content (AvgIpc) is 3.02. The summed E-state index contributed by atoms with van der Waals surface area (Å²) >= 11 is 3.42. The molecule has 1 aliphatic rings. The molecule has 0 amide bonds. The van der Waals surface area contributed by atoms with Crippen molar-refractivity contribution in [2.45, 2.75) is 19.9 Å². The molecule has 0 aliphatic carbocycles. The number of carboxylic acid groups (broad SMARTS) is 1. The number of rotatable bonds is 3. The molecular formula is C16H16BrFN2O3. The molecule has 5 nitrogen and oxygen atoms in total. The predicted molar refractivity (Wildman–Crippen MR) is 88.3 cm³/mol. The average molecular weight is 383 g/mol. The van der Waals surface area contributed by atoms with Crippen LogP contribution in [0.5, 0.6) is 5.75 Å². The fraction of sp³-hybridized carbons (Fsp3) is 0.250. The van der Waals surface area contributed by atoms with Crippen molar-refractivity contribution in [1.82, 2.24) is 4.98 Å². The maximum atomic E-state index is 13.9. The first kappa shape index (κ1) is 17.2. The fourth-order valence-corrected chi connectivity index (χ4v) is 2.78. The maximum Gasteiger partial charge on any atom is 0.290 e. The highest BCUT2D eigenvalue weighted by atomic mass is 79.9. The minimum absolute atomic E-state index is 0.162. The van der Waals surface area contributed by atoms with Gasteiger partial charge >= 0.3 is 0 Å². The molecule has 3 rings (SSSR count). The van der Waals surface area contributed by atoms with Crippen LogP contribution < -0.4 is 10.1 Å². The van der Waals surface area contributed by atoms with E-state index < -0.39 is 0 Å². The smallest absolute Gasteiger partial charge is 0.290 e. The van der Waals surface area contributed by atoms with Gasteiger partial charge in [0.05, 0.1) is 11.1 Å². The molecule has 1 aromatic heterocycles. The number of halogens is 2. The second-order valence-corrected chi connectivity index (χ2v) is 5.72. The molecule has 0 radical (unpaired) electrons. The van der Waals surface area contributed by atoms with Gasteiger partial charge in [-0.2, -0.15) is 0 Å². The molecular weight excluding hydrogens is 367 g/mol. The molecule has 0 fully saturated rings. The zero-order valence-electron chi connectivity index (χ0n) is 12.5. The van der Waals surface area contributed by atoms with Gasteiger partial charge in [0.25, 0.3) is 6.47 Å². The Labute approximate surface area is 141 Å². The fourth-order valence-electron chi connectivity index (χ4n) is 2.33. The number of benzene rings is 1. The van der Waals surface area contributed by atoms with Crippen LogP contribution in [0.1, 0.15) is 16.7 Å². The number of hydrogen-bond acceptors (Lipinski definition) is 4. The summed E-state index contributed by atoms with van der Waals surface area (Å²) in [5.74, 6) is 1.44. The van der Waals surface area contributed by atoms with Crippen molar-refractivity contribution < 1.29 is 19.0 Å². The van der Waals surface area contributed by atoms with Crippen molar-refractivity contribution in [1.29, 1.82) is 0 Å². The standard InChI is InChI=1S/C15H14BrFN2O.CH2O2/c1-9-3-2-4-10(13(9)17)7-18-15-11-5-6-20-14(11)12(16)8-19-15;2-1-3/h2-4,8H,5-7H2,1H3,(H,18,19);1H,(H,2,3). The molecule has 0 saturated carbocycles. The lowest BCUT2D eigenvalue weighted by molar-refractivity contribution is -0.122. The van der Waals surface area contributed by atoms with E-state index in [1.807, 2.05) is 6.07 Å². The Morgan fingerprint density at radius 2 is 2.26 bits per heavy atom. The summed E-state index contributed by atoms with van der Waals surface area (Å²) in [6.07, 6.45) is 2.53. The van der Waals surface area contributed by atoms with Crippen LogP contribution in [0.25, 0.3) is 0 Å². The quantitative estimate of drug-likeness (QED) is 0.794. The first-order valence-corrected chi connectivity index (χ1v) is 7.73. The Bertz CT molecular complexity index is 710. The lowest BCUT2D eigenvalue weighted by Gasteiger charge is -2.11. The van der Waals surface area contributed by atoms with Gasteiger partial charge in [0.1, 0.15) is 17.4 Å². The van der Waals surface area contributed by atoms with E-state index in [0.717, 1.165) is 28.0 Å². The molecule has 0 atom stereocenters. The second-order valence-electron chi connectivity index (χ2n) is 4.87. The third-order valence-electron chi connectivity index (χ3n) is 3.40. The van der Waals surface area contributed by atoms with Gasteiger partial charge in [-0.05, 0) is 28.4 Å². The largest absolute Gasteiger partial charge is 0.492 e. The third-order valence-corrected chi connectivity index (χ3v) is 3.97. The number of carbonyl (C=O) groups is 1. The number of nitrogens with one attached hydrogen (secondary N) is 1. The van der Waals surface area contributed by atoms with Crippen LogP contribution in [0, 0.1) is 12.7 Å². The molecule has 1 aromatic carbocycles. The Kier molecular flexibility index (Phi) is 5.92. The second kappa shape index (κ2) is 7.92. The van der Waals surface area contributed by atoms with Crippen molar-refractivity contribution in [3.05, 3.63) is 51.4 Å². The van der Waals surface area contributed by atoms with Crippen molar-refractivity contribution in [2.75, 3.05) is 11.9 Å². The molecule has 23 heavy (non-hydrogen) atoms. The minimum Gasteiger partial charge on any atom is -0.492 e. The van der Waals surface area contributed by atoms with Gasteiger partial charge in [0.15, 0.2) is 0 Å². The van der Waals surface area contributed by atoms with E-state index in [4.69, 9.17) is 14.6 Å². The molecule has 2 aromatic rings. The Hall–Kier alpha value is -2.15. The molecule has 2 N–H and O–H groups in total. The van der Waals surface area contributed by atoms with Gasteiger partial charge in [-0.3, -0.25) is 4.79 Å². The number of nitrogens with zero attached hydrogens (tertiary/aromatic N) is 1. The summed E-state index contributed by atoms with van der Waals surface area (Å²) in [6.45, 7) is 2.59. The summed E-state index contributed by atoms with van der Waals surface area (Å²) < 4.78 is 20.4. The summed E-state index contributed by atoms with van der Waals surface area (Å²) in [6, 6.07) is 5.41. The van der Waals surface area contributed by atoms with E-state index in [9.17, 15) is 4.39 Å². The molecule has 2 heterocycles. The van der Waals surface area contributed by atoms with E-state index in [0.29, 0.717) is 24.3 Å². The van der Waals surface area contributed by atoms with Crippen LogP contribution in [0.2, 0.25) is 0 Å². The van der Waals surface area contributed by atoms with Crippen LogP contribution in [0.15, 0.2) is 28.9 Å². The van der Waals surface area contributed by atoms with Crippen molar-refractivity contribution >= 4 is 28.2 Å². The highest BCUT2D eigenvalue weighted by Gasteiger charge is 2.20. The first-order chi connectivity index (χ1) is 11.1. The summed E-state index contributed by atoms with van der Waals surface area (Å²) in [4.78, 5) is 12.7. The third kappa shape index (κ3) is 3.98. The molecule has 0 bridgehead atoms. The van der Waals surface area contributed by atoms with E-state index >= 15 is 0 Å². The SMILES string of the molecule is Cc1cccc(CNc2ncc(Br)c3c2CCO3)c1F.O=CO. The maximum absolute atomic E-state index is 13.9. The van der Waals surface area contributed by atoms with E-state index in [-0.39, 0.29) is 12.3 Å². The number of fused-ring (bicyclic) bond motifs is 1. The first-order valence-electron chi connectivity index (χ1n) is 6.94. The Morgan fingerprint density at radius 3 is 3.00 bits per heavy atom. The number of anilines is 1. The molecule has 7 heteroatoms. The van der Waals surface area contributed by atoms with Gasteiger partial charge in [-0.1, -0.05) is 18.2 Å². The van der Waals surface area contributed by atoms with Crippen LogP contribution in [-0.4, -0.2) is 23.2 Å². The van der Waals surface area contributed by atoms with Gasteiger partial charge in [-0.15, -0.1) is 0 Å². The van der Waals surface area contributed by atoms with Crippen LogP contribution in [0.4, 0.5) is 10.2 Å². The van der Waals surface area contributed by atoms with Crippen LogP contribution in [0.3, 0.4) is 0 Å². The number of ether oxygens (including phenoxy) is 1. The highest BCUT2D eigenvalue weighted by Crippen LogP contribution is 2.36. The van der Waals surface area contributed by atoms with Crippen LogP contribution >= 0.6 is 15.9 Å². The monoisotopic (exact) mass is 382 g/mol. The van der Waals surface area contributed by atoms with Gasteiger partial charge in [0, 0.05) is 30.3 Å². The summed E-state index contributed by atoms with van der Waals surface area (Å²) in [7, 11) is 0. The molecule has 122 valence electrons.